The Bertz CT molecular complexity index is 945. The number of carbonyl (C=O) groups excluding carboxylic acids is 2. The van der Waals surface area contributed by atoms with Crippen molar-refractivity contribution in [1.82, 2.24) is 9.88 Å². The van der Waals surface area contributed by atoms with Crippen molar-refractivity contribution in [2.24, 2.45) is 10.7 Å². The molecule has 2 aromatic rings. The highest BCUT2D eigenvalue weighted by atomic mass is 19.1. The zero-order chi connectivity index (χ0) is 21.0. The Morgan fingerprint density at radius 1 is 1.34 bits per heavy atom. The van der Waals surface area contributed by atoms with Crippen LogP contribution in [0.3, 0.4) is 0 Å². The van der Waals surface area contributed by atoms with Crippen molar-refractivity contribution in [1.29, 1.82) is 0 Å². The van der Waals surface area contributed by atoms with Crippen LogP contribution in [0.1, 0.15) is 35.0 Å². The van der Waals surface area contributed by atoms with Crippen molar-refractivity contribution >= 4 is 17.6 Å². The third-order valence-electron chi connectivity index (χ3n) is 4.86. The van der Waals surface area contributed by atoms with Crippen molar-refractivity contribution in [3.63, 3.8) is 0 Å². The molecule has 3 rings (SSSR count). The molecule has 1 atom stereocenters. The summed E-state index contributed by atoms with van der Waals surface area (Å²) in [6.45, 7) is 1.21. The van der Waals surface area contributed by atoms with E-state index in [4.69, 9.17) is 10.5 Å². The number of aliphatic imine (C=N–C) groups is 1. The lowest BCUT2D eigenvalue weighted by Gasteiger charge is -2.33. The summed E-state index contributed by atoms with van der Waals surface area (Å²) >= 11 is 0. The van der Waals surface area contributed by atoms with Gasteiger partial charge in [0.15, 0.2) is 11.7 Å². The van der Waals surface area contributed by atoms with E-state index in [1.165, 1.54) is 11.1 Å². The molecule has 0 spiro atoms. The predicted octanol–water partition coefficient (Wildman–Crippen LogP) is 2.25. The molecule has 0 saturated carbocycles. The number of amides is 1. The fraction of sp³-hybridized carbons (Fsp3) is 0.333. The first kappa shape index (κ1) is 20.4. The summed E-state index contributed by atoms with van der Waals surface area (Å²) in [5.74, 6) is 0.313. The lowest BCUT2D eigenvalue weighted by molar-refractivity contribution is -0.128. The summed E-state index contributed by atoms with van der Waals surface area (Å²) in [7, 11) is 1.59. The van der Waals surface area contributed by atoms with E-state index in [0.717, 1.165) is 11.1 Å². The summed E-state index contributed by atoms with van der Waals surface area (Å²) < 4.78 is 17.3. The third-order valence-corrected chi connectivity index (χ3v) is 4.86. The summed E-state index contributed by atoms with van der Waals surface area (Å²) in [5, 5.41) is 0. The van der Waals surface area contributed by atoms with Crippen LogP contribution in [0, 0.1) is 0 Å². The van der Waals surface area contributed by atoms with Gasteiger partial charge in [0.05, 0.1) is 18.2 Å². The molecule has 1 amide bonds. The van der Waals surface area contributed by atoms with E-state index < -0.39 is 12.2 Å². The topological polar surface area (TPSA) is 97.9 Å². The van der Waals surface area contributed by atoms with Crippen LogP contribution in [0.5, 0.6) is 5.75 Å². The van der Waals surface area contributed by atoms with Gasteiger partial charge in [-0.2, -0.15) is 0 Å². The van der Waals surface area contributed by atoms with E-state index in [2.05, 4.69) is 9.98 Å². The van der Waals surface area contributed by atoms with Gasteiger partial charge in [-0.15, -0.1) is 0 Å². The molecule has 0 saturated heterocycles. The Morgan fingerprint density at radius 3 is 2.79 bits per heavy atom. The van der Waals surface area contributed by atoms with Crippen molar-refractivity contribution in [2.75, 3.05) is 20.3 Å². The van der Waals surface area contributed by atoms with Gasteiger partial charge < -0.3 is 10.5 Å². The van der Waals surface area contributed by atoms with Crippen molar-refractivity contribution in [3.8, 4) is 5.75 Å². The average molecular weight is 398 g/mol. The second kappa shape index (κ2) is 8.38. The molecule has 7 nitrogen and oxygen atoms in total. The normalized spacial score (nSPS) is 19.1. The predicted molar refractivity (Wildman–Crippen MR) is 107 cm³/mol. The second-order valence-corrected chi connectivity index (χ2v) is 7.09. The van der Waals surface area contributed by atoms with Crippen LogP contribution < -0.4 is 10.5 Å². The molecule has 0 radical (unpaired) electrons. The van der Waals surface area contributed by atoms with Crippen LogP contribution in [-0.4, -0.2) is 47.9 Å². The molecule has 0 fully saturated rings. The van der Waals surface area contributed by atoms with Gasteiger partial charge in [0.25, 0.3) is 0 Å². The Balaban J connectivity index is 1.76. The van der Waals surface area contributed by atoms with Gasteiger partial charge in [-0.3, -0.25) is 14.5 Å². The Morgan fingerprint density at radius 2 is 2.14 bits per heavy atom. The van der Waals surface area contributed by atoms with Gasteiger partial charge in [0.1, 0.15) is 24.7 Å². The van der Waals surface area contributed by atoms with E-state index in [1.807, 2.05) is 31.2 Å². The van der Waals surface area contributed by atoms with E-state index in [1.54, 1.807) is 19.2 Å². The molecular weight excluding hydrogens is 375 g/mol. The molecule has 0 bridgehead atoms. The second-order valence-electron chi connectivity index (χ2n) is 7.09. The standard InChI is InChI=1S/C21H23FN4O3/c1-21(12-19(28)26(2)20(23)25-21)15-5-3-4-14(10-15)11-18(27)17-7-6-16(13-24-17)29-9-8-22/h3-7,10,13H,8-9,11-12H2,1-2H3,(H2,23,25). The monoisotopic (exact) mass is 398 g/mol. The number of halogens is 1. The number of hydrogen-bond acceptors (Lipinski definition) is 6. The highest BCUT2D eigenvalue weighted by Crippen LogP contribution is 2.33. The number of ether oxygens (including phenoxy) is 1. The molecule has 29 heavy (non-hydrogen) atoms. The van der Waals surface area contributed by atoms with Gasteiger partial charge in [-0.1, -0.05) is 24.3 Å². The molecule has 2 N–H and O–H groups in total. The number of Topliss-reactive ketones (excluding diaryl/α,β-unsaturated/α-hetero) is 1. The van der Waals surface area contributed by atoms with Gasteiger partial charge >= 0.3 is 0 Å². The van der Waals surface area contributed by atoms with Crippen LogP contribution >= 0.6 is 0 Å². The zero-order valence-electron chi connectivity index (χ0n) is 16.4. The molecular formula is C21H23FN4O3. The van der Waals surface area contributed by atoms with E-state index in [0.29, 0.717) is 11.4 Å². The summed E-state index contributed by atoms with van der Waals surface area (Å²) in [6, 6.07) is 10.6. The summed E-state index contributed by atoms with van der Waals surface area (Å²) in [6.07, 6.45) is 1.75. The van der Waals surface area contributed by atoms with Crippen LogP contribution in [0.4, 0.5) is 4.39 Å². The molecule has 0 aliphatic carbocycles. The number of ketones is 1. The van der Waals surface area contributed by atoms with E-state index >= 15 is 0 Å². The molecule has 1 aromatic carbocycles. The van der Waals surface area contributed by atoms with Crippen molar-refractivity contribution < 1.29 is 18.7 Å². The largest absolute Gasteiger partial charge is 0.489 e. The number of hydrogen-bond donors (Lipinski definition) is 1. The van der Waals surface area contributed by atoms with Crippen LogP contribution in [0.2, 0.25) is 0 Å². The van der Waals surface area contributed by atoms with Crippen molar-refractivity contribution in [2.45, 2.75) is 25.3 Å². The highest BCUT2D eigenvalue weighted by molar-refractivity contribution is 5.99. The van der Waals surface area contributed by atoms with Gasteiger partial charge in [-0.25, -0.2) is 14.4 Å². The van der Waals surface area contributed by atoms with Crippen molar-refractivity contribution in [3.05, 3.63) is 59.4 Å². The van der Waals surface area contributed by atoms with E-state index in [9.17, 15) is 14.0 Å². The Hall–Kier alpha value is -3.29. The number of rotatable bonds is 7. The molecule has 2 heterocycles. The lowest BCUT2D eigenvalue weighted by atomic mass is 9.86. The third kappa shape index (κ3) is 4.59. The molecule has 1 aliphatic heterocycles. The number of nitrogens with zero attached hydrogens (tertiary/aromatic N) is 3. The number of alkyl halides is 1. The van der Waals surface area contributed by atoms with Gasteiger partial charge in [-0.05, 0) is 30.2 Å². The highest BCUT2D eigenvalue weighted by Gasteiger charge is 2.36. The summed E-state index contributed by atoms with van der Waals surface area (Å²) in [4.78, 5) is 34.7. The number of carbonyl (C=O) groups is 2. The minimum absolute atomic E-state index is 0.0498. The van der Waals surface area contributed by atoms with E-state index in [-0.39, 0.29) is 37.1 Å². The molecule has 1 aromatic heterocycles. The fourth-order valence-electron chi connectivity index (χ4n) is 3.15. The van der Waals surface area contributed by atoms with Crippen LogP contribution in [0.25, 0.3) is 0 Å². The number of aromatic nitrogens is 1. The fourth-order valence-corrected chi connectivity index (χ4v) is 3.15. The Kier molecular flexibility index (Phi) is 5.91. The maximum atomic E-state index is 12.6. The SMILES string of the molecule is CN1C(=O)CC(C)(c2cccc(CC(=O)c3ccc(OCCF)cn3)c2)N=C1N. The minimum Gasteiger partial charge on any atom is -0.489 e. The number of guanidine groups is 1. The summed E-state index contributed by atoms with van der Waals surface area (Å²) in [5.41, 5.74) is 7.00. The molecule has 1 aliphatic rings. The van der Waals surface area contributed by atoms with Crippen LogP contribution in [0.15, 0.2) is 47.6 Å². The average Bonchev–Trinajstić information content (AvgIpc) is 2.71. The zero-order valence-corrected chi connectivity index (χ0v) is 16.4. The number of nitrogens with two attached hydrogens (primary N) is 1. The van der Waals surface area contributed by atoms with Gasteiger partial charge in [0.2, 0.25) is 5.91 Å². The first-order valence-corrected chi connectivity index (χ1v) is 9.22. The maximum absolute atomic E-state index is 12.6. The first-order valence-electron chi connectivity index (χ1n) is 9.22. The minimum atomic E-state index is -0.777. The smallest absolute Gasteiger partial charge is 0.231 e. The lowest BCUT2D eigenvalue weighted by Crippen LogP contribution is -2.47. The quantitative estimate of drug-likeness (QED) is 0.722. The molecule has 1 unspecified atom stereocenters. The maximum Gasteiger partial charge on any atom is 0.231 e. The van der Waals surface area contributed by atoms with Gasteiger partial charge in [0, 0.05) is 13.5 Å². The molecule has 152 valence electrons. The Labute approximate surface area is 168 Å². The first-order chi connectivity index (χ1) is 13.8. The molecule has 8 heteroatoms. The number of pyridine rings is 1. The van der Waals surface area contributed by atoms with Crippen LogP contribution in [-0.2, 0) is 16.8 Å². The number of benzene rings is 1.